The maximum absolute atomic E-state index is 8.33. The smallest absolute Gasteiger partial charge is 0.152 e. The van der Waals surface area contributed by atoms with Crippen molar-refractivity contribution in [2.24, 2.45) is 0 Å². The first-order chi connectivity index (χ1) is 3.63. The van der Waals surface area contributed by atoms with Crippen molar-refractivity contribution >= 4 is 12.4 Å². The molecule has 0 radical (unpaired) electrons. The van der Waals surface area contributed by atoms with E-state index in [1.165, 1.54) is 0 Å². The number of hydrogen-bond donors (Lipinski definition) is 2. The Hall–Kier alpha value is 0.170. The van der Waals surface area contributed by atoms with Gasteiger partial charge in [0.25, 0.3) is 0 Å². The predicted octanol–water partition coefficient (Wildman–Crippen LogP) is -0.329. The molecule has 0 atom stereocenters. The zero-order chi connectivity index (χ0) is 6.57. The number of aliphatic hydroxyl groups excluding tert-OH is 1. The van der Waals surface area contributed by atoms with E-state index >= 15 is 0 Å². The molecule has 0 saturated carbocycles. The van der Waals surface area contributed by atoms with Crippen LogP contribution in [0.25, 0.3) is 0 Å². The van der Waals surface area contributed by atoms with Crippen LogP contribution in [-0.2, 0) is 0 Å². The predicted molar refractivity (Wildman–Crippen MR) is 38.6 cm³/mol. The highest BCUT2D eigenvalue weighted by molar-refractivity contribution is 5.85. The summed E-state index contributed by atoms with van der Waals surface area (Å²) in [6.07, 6.45) is -0.732. The quantitative estimate of drug-likeness (QED) is 0.549. The van der Waals surface area contributed by atoms with E-state index in [1.54, 1.807) is 0 Å². The maximum Gasteiger partial charge on any atom is 0.152 e. The van der Waals surface area contributed by atoms with Crippen LogP contribution in [0.3, 0.4) is 0 Å². The molecule has 0 aromatic carbocycles. The Bertz CT molecular complexity index is 50.9. The minimum atomic E-state index is -1.16. The second-order valence-corrected chi connectivity index (χ2v) is 2.07. The monoisotopic (exact) mass is 155 g/mol. The normalized spacial score (nSPS) is 10.0. The molecule has 0 bridgehead atoms. The molecule has 0 spiro atoms. The molecule has 0 aromatic rings. The maximum atomic E-state index is 8.33. The van der Waals surface area contributed by atoms with E-state index in [9.17, 15) is 0 Å². The van der Waals surface area contributed by atoms with Gasteiger partial charge in [0.05, 0.1) is 0 Å². The molecule has 3 nitrogen and oxygen atoms in total. The molecule has 0 heterocycles. The summed E-state index contributed by atoms with van der Waals surface area (Å²) in [5, 5.41) is 16.7. The fraction of sp³-hybridized carbons (Fsp3) is 1.00. The molecule has 0 aromatic heterocycles. The van der Waals surface area contributed by atoms with Gasteiger partial charge in [-0.1, -0.05) is 0 Å². The Balaban J connectivity index is 0. The first-order valence-corrected chi connectivity index (χ1v) is 2.64. The van der Waals surface area contributed by atoms with Gasteiger partial charge in [-0.15, -0.1) is 12.4 Å². The van der Waals surface area contributed by atoms with Gasteiger partial charge < -0.3 is 15.1 Å². The fourth-order valence-electron chi connectivity index (χ4n) is 0.374. The number of hydrogen-bond acceptors (Lipinski definition) is 3. The summed E-state index contributed by atoms with van der Waals surface area (Å²) in [6.45, 7) is 0.720. The van der Waals surface area contributed by atoms with Crippen LogP contribution in [0.4, 0.5) is 0 Å². The number of halogens is 1. The number of rotatable bonds is 3. The topological polar surface area (TPSA) is 43.7 Å². The van der Waals surface area contributed by atoms with Crippen molar-refractivity contribution in [2.75, 3.05) is 20.6 Å². The minimum absolute atomic E-state index is 0. The van der Waals surface area contributed by atoms with Gasteiger partial charge >= 0.3 is 0 Å². The summed E-state index contributed by atoms with van der Waals surface area (Å²) in [4.78, 5) is 1.90. The van der Waals surface area contributed by atoms with E-state index in [-0.39, 0.29) is 12.4 Å². The van der Waals surface area contributed by atoms with Crippen molar-refractivity contribution in [2.45, 2.75) is 12.7 Å². The largest absolute Gasteiger partial charge is 0.368 e. The molecule has 2 N–H and O–H groups in total. The number of nitrogens with zero attached hydrogens (tertiary/aromatic N) is 1. The summed E-state index contributed by atoms with van der Waals surface area (Å²) < 4.78 is 0. The van der Waals surface area contributed by atoms with E-state index < -0.39 is 6.29 Å². The summed E-state index contributed by atoms with van der Waals surface area (Å²) >= 11 is 0. The second-order valence-electron chi connectivity index (χ2n) is 2.07. The van der Waals surface area contributed by atoms with E-state index in [0.29, 0.717) is 6.42 Å². The van der Waals surface area contributed by atoms with Gasteiger partial charge in [0, 0.05) is 13.0 Å². The van der Waals surface area contributed by atoms with Crippen LogP contribution in [0.2, 0.25) is 0 Å². The van der Waals surface area contributed by atoms with Gasteiger partial charge in [-0.25, -0.2) is 0 Å². The Kier molecular flexibility index (Phi) is 8.32. The van der Waals surface area contributed by atoms with E-state index in [2.05, 4.69) is 0 Å². The van der Waals surface area contributed by atoms with Crippen LogP contribution in [0.1, 0.15) is 6.42 Å². The van der Waals surface area contributed by atoms with Gasteiger partial charge in [0.1, 0.15) is 0 Å². The third kappa shape index (κ3) is 11.6. The van der Waals surface area contributed by atoms with Gasteiger partial charge in [0.2, 0.25) is 0 Å². The molecule has 4 heteroatoms. The Labute approximate surface area is 61.7 Å². The molecule has 0 saturated heterocycles. The first-order valence-electron chi connectivity index (χ1n) is 2.64. The minimum Gasteiger partial charge on any atom is -0.368 e. The lowest BCUT2D eigenvalue weighted by Gasteiger charge is -2.09. The van der Waals surface area contributed by atoms with Crippen molar-refractivity contribution in [3.63, 3.8) is 0 Å². The molecule has 0 aliphatic carbocycles. The third-order valence-electron chi connectivity index (χ3n) is 0.835. The fourth-order valence-corrected chi connectivity index (χ4v) is 0.374. The number of aliphatic hydroxyl groups is 2. The highest BCUT2D eigenvalue weighted by Gasteiger charge is 1.96. The first kappa shape index (κ1) is 11.9. The summed E-state index contributed by atoms with van der Waals surface area (Å²) in [5.41, 5.74) is 0. The molecule has 0 amide bonds. The average molecular weight is 156 g/mol. The Morgan fingerprint density at radius 1 is 1.33 bits per heavy atom. The highest BCUT2D eigenvalue weighted by atomic mass is 35.5. The second kappa shape index (κ2) is 6.29. The molecular weight excluding hydrogens is 142 g/mol. The Morgan fingerprint density at radius 2 is 1.78 bits per heavy atom. The summed E-state index contributed by atoms with van der Waals surface area (Å²) in [7, 11) is 3.78. The van der Waals surface area contributed by atoms with Crippen molar-refractivity contribution in [1.82, 2.24) is 4.90 Å². The van der Waals surface area contributed by atoms with Crippen molar-refractivity contribution in [3.8, 4) is 0 Å². The molecule has 0 aliphatic rings. The van der Waals surface area contributed by atoms with E-state index in [0.717, 1.165) is 6.54 Å². The van der Waals surface area contributed by atoms with Crippen LogP contribution in [-0.4, -0.2) is 42.0 Å². The van der Waals surface area contributed by atoms with Gasteiger partial charge in [-0.05, 0) is 14.1 Å². The van der Waals surface area contributed by atoms with Crippen LogP contribution in [0.5, 0.6) is 0 Å². The summed E-state index contributed by atoms with van der Waals surface area (Å²) in [6, 6.07) is 0. The zero-order valence-corrected chi connectivity index (χ0v) is 6.56. The van der Waals surface area contributed by atoms with Gasteiger partial charge in [-0.2, -0.15) is 0 Å². The van der Waals surface area contributed by atoms with Gasteiger partial charge in [0.15, 0.2) is 6.29 Å². The van der Waals surface area contributed by atoms with Crippen LogP contribution < -0.4 is 0 Å². The molecule has 0 rings (SSSR count). The molecule has 0 aliphatic heterocycles. The van der Waals surface area contributed by atoms with E-state index in [4.69, 9.17) is 10.2 Å². The zero-order valence-electron chi connectivity index (χ0n) is 5.74. The van der Waals surface area contributed by atoms with Crippen molar-refractivity contribution < 1.29 is 10.2 Å². The summed E-state index contributed by atoms with van der Waals surface area (Å²) in [5.74, 6) is 0. The molecule has 0 unspecified atom stereocenters. The molecule has 58 valence electrons. The molecule has 9 heavy (non-hydrogen) atoms. The third-order valence-corrected chi connectivity index (χ3v) is 0.835. The molecule has 0 fully saturated rings. The lowest BCUT2D eigenvalue weighted by Crippen LogP contribution is -2.18. The lowest BCUT2D eigenvalue weighted by atomic mass is 10.4. The molecular formula is C5H14ClNO2. The van der Waals surface area contributed by atoms with Crippen LogP contribution in [0.15, 0.2) is 0 Å². The van der Waals surface area contributed by atoms with E-state index in [1.807, 2.05) is 19.0 Å². The van der Waals surface area contributed by atoms with Crippen LogP contribution >= 0.6 is 12.4 Å². The lowest BCUT2D eigenvalue weighted by molar-refractivity contribution is -0.0483. The van der Waals surface area contributed by atoms with Gasteiger partial charge in [-0.3, -0.25) is 0 Å². The van der Waals surface area contributed by atoms with Crippen molar-refractivity contribution in [3.05, 3.63) is 0 Å². The standard InChI is InChI=1S/C5H13NO2.ClH/c1-6(2)4-3-5(7)8;/h5,7-8H,3-4H2,1-2H3;1H. The van der Waals surface area contributed by atoms with Crippen LogP contribution in [0, 0.1) is 0 Å². The Morgan fingerprint density at radius 3 is 1.89 bits per heavy atom. The van der Waals surface area contributed by atoms with Crippen molar-refractivity contribution in [1.29, 1.82) is 0 Å². The highest BCUT2D eigenvalue weighted by Crippen LogP contribution is 1.86. The SMILES string of the molecule is CN(C)CCC(O)O.Cl. The average Bonchev–Trinajstić information content (AvgIpc) is 1.61.